The molecule has 1 aromatic heterocycles. The van der Waals surface area contributed by atoms with E-state index in [2.05, 4.69) is 33.0 Å². The van der Waals surface area contributed by atoms with E-state index in [1.54, 1.807) is 23.5 Å². The Hall–Kier alpha value is -1.60. The van der Waals surface area contributed by atoms with Gasteiger partial charge in [-0.15, -0.1) is 11.3 Å². The standard InChI is InChI=1S/C24H32ClNO4S/c1-13(2)7-17-9-19-22(14(17)3)15(4)31-23(19)24(29)26-10-16-5-6-21(20(25)8-16)30-12-18(28)11-27/h5-6,8,13-14,17-18,27-28H,7,9-12H2,1-4H3,(H,26,29)/t14-,17-,18+/m1/s1. The second-order valence-electron chi connectivity index (χ2n) is 8.86. The monoisotopic (exact) mass is 465 g/mol. The van der Waals surface area contributed by atoms with Crippen molar-refractivity contribution >= 4 is 28.8 Å². The lowest BCUT2D eigenvalue weighted by Crippen LogP contribution is -2.23. The van der Waals surface area contributed by atoms with Crippen LogP contribution in [0.5, 0.6) is 5.75 Å². The quantitative estimate of drug-likeness (QED) is 0.501. The first-order valence-electron chi connectivity index (χ1n) is 10.8. The first-order chi connectivity index (χ1) is 14.7. The van der Waals surface area contributed by atoms with Crippen molar-refractivity contribution in [3.63, 3.8) is 0 Å². The molecule has 2 aromatic rings. The molecular formula is C24H32ClNO4S. The van der Waals surface area contributed by atoms with E-state index >= 15 is 0 Å². The van der Waals surface area contributed by atoms with E-state index in [0.717, 1.165) is 16.9 Å². The number of carbonyl (C=O) groups is 1. The van der Waals surface area contributed by atoms with Crippen LogP contribution in [0.4, 0.5) is 0 Å². The maximum Gasteiger partial charge on any atom is 0.261 e. The maximum absolute atomic E-state index is 13.0. The minimum Gasteiger partial charge on any atom is -0.489 e. The Morgan fingerprint density at radius 2 is 2.13 bits per heavy atom. The maximum atomic E-state index is 13.0. The van der Waals surface area contributed by atoms with Crippen molar-refractivity contribution in [3.8, 4) is 5.75 Å². The van der Waals surface area contributed by atoms with Gasteiger partial charge in [0, 0.05) is 11.4 Å². The number of carbonyl (C=O) groups excluding carboxylic acids is 1. The highest BCUT2D eigenvalue weighted by Gasteiger charge is 2.35. The fourth-order valence-electron chi connectivity index (χ4n) is 4.43. The van der Waals surface area contributed by atoms with E-state index in [1.165, 1.54) is 22.4 Å². The van der Waals surface area contributed by atoms with E-state index in [0.29, 0.717) is 35.1 Å². The van der Waals surface area contributed by atoms with Crippen LogP contribution in [-0.4, -0.2) is 35.4 Å². The third-order valence-electron chi connectivity index (χ3n) is 5.93. The Morgan fingerprint density at radius 1 is 1.39 bits per heavy atom. The normalized spacial score (nSPS) is 18.8. The average molecular weight is 466 g/mol. The molecule has 0 unspecified atom stereocenters. The predicted molar refractivity (Wildman–Crippen MR) is 125 cm³/mol. The molecule has 1 aromatic carbocycles. The molecule has 3 atom stereocenters. The summed E-state index contributed by atoms with van der Waals surface area (Å²) in [5.41, 5.74) is 3.49. The zero-order valence-electron chi connectivity index (χ0n) is 18.6. The summed E-state index contributed by atoms with van der Waals surface area (Å²) in [6.45, 7) is 8.90. The summed E-state index contributed by atoms with van der Waals surface area (Å²) in [5.74, 6) is 2.17. The smallest absolute Gasteiger partial charge is 0.261 e. The van der Waals surface area contributed by atoms with Crippen molar-refractivity contribution in [2.75, 3.05) is 13.2 Å². The van der Waals surface area contributed by atoms with Gasteiger partial charge in [0.05, 0.1) is 16.5 Å². The van der Waals surface area contributed by atoms with E-state index in [1.807, 2.05) is 6.07 Å². The Labute approximate surface area is 193 Å². The van der Waals surface area contributed by atoms with Gasteiger partial charge in [0.15, 0.2) is 0 Å². The summed E-state index contributed by atoms with van der Waals surface area (Å²) < 4.78 is 5.41. The molecule has 3 N–H and O–H groups in total. The van der Waals surface area contributed by atoms with Gasteiger partial charge in [0.1, 0.15) is 18.5 Å². The van der Waals surface area contributed by atoms with Gasteiger partial charge in [-0.2, -0.15) is 0 Å². The van der Waals surface area contributed by atoms with Crippen LogP contribution in [0, 0.1) is 18.8 Å². The lowest BCUT2D eigenvalue weighted by atomic mass is 9.87. The Kier molecular flexibility index (Phi) is 8.03. The second-order valence-corrected chi connectivity index (χ2v) is 10.5. The van der Waals surface area contributed by atoms with Crippen LogP contribution < -0.4 is 10.1 Å². The average Bonchev–Trinajstić information content (AvgIpc) is 3.21. The molecule has 5 nitrogen and oxygen atoms in total. The largest absolute Gasteiger partial charge is 0.489 e. The number of ether oxygens (including phenoxy) is 1. The van der Waals surface area contributed by atoms with Gasteiger partial charge < -0.3 is 20.3 Å². The number of amides is 1. The Morgan fingerprint density at radius 3 is 2.77 bits per heavy atom. The number of aliphatic hydroxyl groups is 2. The van der Waals surface area contributed by atoms with Crippen LogP contribution >= 0.6 is 22.9 Å². The summed E-state index contributed by atoms with van der Waals surface area (Å²) in [5, 5.41) is 21.7. The fourth-order valence-corrected chi connectivity index (χ4v) is 5.89. The zero-order chi connectivity index (χ0) is 22.7. The molecule has 31 heavy (non-hydrogen) atoms. The predicted octanol–water partition coefficient (Wildman–Crippen LogP) is 4.69. The molecule has 1 aliphatic rings. The van der Waals surface area contributed by atoms with Gasteiger partial charge in [0.25, 0.3) is 5.91 Å². The van der Waals surface area contributed by atoms with Crippen LogP contribution in [0.2, 0.25) is 5.02 Å². The molecule has 3 rings (SSSR count). The SMILES string of the molecule is Cc1sc(C(=O)NCc2ccc(OC[C@@H](O)CO)c(Cl)c2)c2c1[C@H](C)[C@H](CC(C)C)C2. The summed E-state index contributed by atoms with van der Waals surface area (Å²) in [6.07, 6.45) is 1.22. The topological polar surface area (TPSA) is 78.8 Å². The number of benzene rings is 1. The summed E-state index contributed by atoms with van der Waals surface area (Å²) >= 11 is 7.86. The van der Waals surface area contributed by atoms with Crippen molar-refractivity contribution in [1.82, 2.24) is 5.32 Å². The Balaban J connectivity index is 1.64. The third kappa shape index (κ3) is 5.61. The molecule has 0 bridgehead atoms. The third-order valence-corrected chi connectivity index (χ3v) is 7.39. The van der Waals surface area contributed by atoms with Crippen LogP contribution in [-0.2, 0) is 13.0 Å². The van der Waals surface area contributed by atoms with Gasteiger partial charge in [-0.3, -0.25) is 4.79 Å². The molecule has 0 saturated heterocycles. The lowest BCUT2D eigenvalue weighted by molar-refractivity contribution is 0.0536. The number of hydrogen-bond acceptors (Lipinski definition) is 5. The summed E-state index contributed by atoms with van der Waals surface area (Å²) in [6, 6.07) is 5.28. The molecule has 0 fully saturated rings. The summed E-state index contributed by atoms with van der Waals surface area (Å²) in [4.78, 5) is 15.1. The van der Waals surface area contributed by atoms with Crippen LogP contribution in [0.15, 0.2) is 18.2 Å². The lowest BCUT2D eigenvalue weighted by Gasteiger charge is -2.18. The highest BCUT2D eigenvalue weighted by atomic mass is 35.5. The zero-order valence-corrected chi connectivity index (χ0v) is 20.1. The molecule has 0 radical (unpaired) electrons. The number of thiophene rings is 1. The fraction of sp³-hybridized carbons (Fsp3) is 0.542. The minimum absolute atomic E-state index is 0.0331. The molecule has 1 heterocycles. The first-order valence-corrected chi connectivity index (χ1v) is 12.0. The van der Waals surface area contributed by atoms with E-state index in [9.17, 15) is 9.90 Å². The molecule has 0 saturated carbocycles. The number of fused-ring (bicyclic) bond motifs is 1. The highest BCUT2D eigenvalue weighted by Crippen LogP contribution is 2.47. The number of hydrogen-bond donors (Lipinski definition) is 3. The molecule has 1 aliphatic carbocycles. The number of halogens is 1. The first kappa shape index (κ1) is 24.1. The van der Waals surface area contributed by atoms with Gasteiger partial charge in [0.2, 0.25) is 0 Å². The van der Waals surface area contributed by atoms with Crippen molar-refractivity contribution in [1.29, 1.82) is 0 Å². The van der Waals surface area contributed by atoms with Crippen LogP contribution in [0.1, 0.15) is 64.3 Å². The van der Waals surface area contributed by atoms with Crippen LogP contribution in [0.25, 0.3) is 0 Å². The van der Waals surface area contributed by atoms with Crippen molar-refractivity contribution < 1.29 is 19.7 Å². The van der Waals surface area contributed by atoms with Gasteiger partial charge in [-0.05, 0) is 66.3 Å². The second kappa shape index (κ2) is 10.3. The van der Waals surface area contributed by atoms with Crippen LogP contribution in [0.3, 0.4) is 0 Å². The van der Waals surface area contributed by atoms with Gasteiger partial charge in [-0.1, -0.05) is 38.4 Å². The van der Waals surface area contributed by atoms with Crippen molar-refractivity contribution in [2.45, 2.75) is 59.1 Å². The molecule has 7 heteroatoms. The van der Waals surface area contributed by atoms with E-state index in [-0.39, 0.29) is 19.1 Å². The number of nitrogens with one attached hydrogen (secondary N) is 1. The molecular weight excluding hydrogens is 434 g/mol. The number of aliphatic hydroxyl groups excluding tert-OH is 2. The minimum atomic E-state index is -0.950. The number of rotatable bonds is 9. The van der Waals surface area contributed by atoms with Gasteiger partial charge >= 0.3 is 0 Å². The molecule has 0 spiro atoms. The molecule has 1 amide bonds. The Bertz CT molecular complexity index is 927. The highest BCUT2D eigenvalue weighted by molar-refractivity contribution is 7.14. The number of aryl methyl sites for hydroxylation is 1. The van der Waals surface area contributed by atoms with Crippen molar-refractivity contribution in [2.24, 2.45) is 11.8 Å². The van der Waals surface area contributed by atoms with Crippen molar-refractivity contribution in [3.05, 3.63) is 49.7 Å². The van der Waals surface area contributed by atoms with Gasteiger partial charge in [-0.25, -0.2) is 0 Å². The molecule has 170 valence electrons. The van der Waals surface area contributed by atoms with E-state index in [4.69, 9.17) is 21.4 Å². The molecule has 0 aliphatic heterocycles. The van der Waals surface area contributed by atoms with E-state index < -0.39 is 6.10 Å². The summed E-state index contributed by atoms with van der Waals surface area (Å²) in [7, 11) is 0.